The monoisotopic (exact) mass is 334 g/mol. The topological polar surface area (TPSA) is 83.1 Å². The fourth-order valence-corrected chi connectivity index (χ4v) is 2.17. The van der Waals surface area contributed by atoms with Crippen LogP contribution in [0.2, 0.25) is 0 Å². The van der Waals surface area contributed by atoms with E-state index in [0.717, 1.165) is 19.3 Å². The summed E-state index contributed by atoms with van der Waals surface area (Å²) in [5.74, 6) is 0.620. The molecule has 0 amide bonds. The molecule has 0 saturated carbocycles. The van der Waals surface area contributed by atoms with E-state index in [9.17, 15) is 4.79 Å². The van der Waals surface area contributed by atoms with Gasteiger partial charge in [0.05, 0.1) is 23.3 Å². The Morgan fingerprint density at radius 2 is 1.64 bits per heavy atom. The zero-order chi connectivity index (χ0) is 18.1. The van der Waals surface area contributed by atoms with Crippen molar-refractivity contribution < 1.29 is 14.3 Å². The van der Waals surface area contributed by atoms with Gasteiger partial charge in [0.25, 0.3) is 0 Å². The molecule has 0 aliphatic rings. The number of carbonyl (C=O) groups excluding carboxylic acids is 1. The molecule has 2 aromatic rings. The Labute approximate surface area is 147 Å². The fraction of sp³-hybridized carbons (Fsp3) is 0.250. The third-order valence-electron chi connectivity index (χ3n) is 3.54. The average Bonchev–Trinajstić information content (AvgIpc) is 2.65. The summed E-state index contributed by atoms with van der Waals surface area (Å²) in [5.41, 5.74) is 1.02. The maximum absolute atomic E-state index is 11.9. The van der Waals surface area contributed by atoms with Crippen molar-refractivity contribution in [1.29, 1.82) is 10.5 Å². The first-order valence-corrected chi connectivity index (χ1v) is 8.07. The molecule has 126 valence electrons. The van der Waals surface area contributed by atoms with Gasteiger partial charge in [0.15, 0.2) is 0 Å². The summed E-state index contributed by atoms with van der Waals surface area (Å²) in [5, 5.41) is 18.0. The van der Waals surface area contributed by atoms with Gasteiger partial charge in [-0.1, -0.05) is 19.8 Å². The molecular formula is C20H18N2O3. The maximum Gasteiger partial charge on any atom is 0.338 e. The van der Waals surface area contributed by atoms with E-state index in [2.05, 4.69) is 6.92 Å². The molecule has 2 aromatic carbocycles. The van der Waals surface area contributed by atoms with E-state index in [1.807, 2.05) is 12.1 Å². The van der Waals surface area contributed by atoms with Gasteiger partial charge < -0.3 is 9.47 Å². The number of nitriles is 2. The summed E-state index contributed by atoms with van der Waals surface area (Å²) in [7, 11) is 0. The lowest BCUT2D eigenvalue weighted by atomic mass is 10.1. The highest BCUT2D eigenvalue weighted by atomic mass is 16.5. The summed E-state index contributed by atoms with van der Waals surface area (Å²) in [6.07, 6.45) is 2.98. The molecule has 0 aliphatic heterocycles. The highest BCUT2D eigenvalue weighted by Gasteiger charge is 2.08. The van der Waals surface area contributed by atoms with Crippen molar-refractivity contribution >= 4 is 5.97 Å². The smallest absolute Gasteiger partial charge is 0.338 e. The molecule has 0 radical (unpaired) electrons. The van der Waals surface area contributed by atoms with Crippen LogP contribution in [-0.2, 0) is 4.74 Å². The van der Waals surface area contributed by atoms with Gasteiger partial charge in [-0.2, -0.15) is 10.5 Å². The van der Waals surface area contributed by atoms with Gasteiger partial charge in [-0.15, -0.1) is 0 Å². The molecule has 0 aromatic heterocycles. The van der Waals surface area contributed by atoms with Crippen molar-refractivity contribution in [2.75, 3.05) is 6.61 Å². The third-order valence-corrected chi connectivity index (χ3v) is 3.54. The van der Waals surface area contributed by atoms with E-state index >= 15 is 0 Å². The second-order valence-electron chi connectivity index (χ2n) is 5.40. The normalized spacial score (nSPS) is 9.72. The molecule has 5 nitrogen and oxygen atoms in total. The lowest BCUT2D eigenvalue weighted by molar-refractivity contribution is 0.0498. The van der Waals surface area contributed by atoms with Crippen molar-refractivity contribution in [3.05, 3.63) is 59.2 Å². The van der Waals surface area contributed by atoms with E-state index in [4.69, 9.17) is 20.0 Å². The Hall–Kier alpha value is -3.31. The molecule has 0 bridgehead atoms. The van der Waals surface area contributed by atoms with E-state index in [0.29, 0.717) is 29.2 Å². The number of rotatable bonds is 7. The number of carbonyl (C=O) groups is 1. The largest absolute Gasteiger partial charge is 0.462 e. The van der Waals surface area contributed by atoms with Crippen LogP contribution in [0, 0.1) is 22.7 Å². The van der Waals surface area contributed by atoms with E-state index in [1.165, 1.54) is 12.1 Å². The summed E-state index contributed by atoms with van der Waals surface area (Å²) >= 11 is 0. The zero-order valence-corrected chi connectivity index (χ0v) is 14.0. The molecule has 0 spiro atoms. The minimum atomic E-state index is -0.354. The van der Waals surface area contributed by atoms with Crippen LogP contribution >= 0.6 is 0 Å². The maximum atomic E-state index is 11.9. The molecule has 0 fully saturated rings. The second-order valence-corrected chi connectivity index (χ2v) is 5.40. The Morgan fingerprint density at radius 3 is 2.28 bits per heavy atom. The standard InChI is InChI=1S/C20H18N2O3/c1-2-3-4-11-24-20(23)15-5-8-18(9-6-15)25-19-10-7-16(13-21)17(12-19)14-22/h5-10,12H,2-4,11H2,1H3. The summed E-state index contributed by atoms with van der Waals surface area (Å²) in [6, 6.07) is 15.2. The van der Waals surface area contributed by atoms with E-state index in [1.54, 1.807) is 30.3 Å². The summed E-state index contributed by atoms with van der Waals surface area (Å²) in [4.78, 5) is 11.9. The van der Waals surface area contributed by atoms with Crippen LogP contribution in [0.1, 0.15) is 47.7 Å². The first kappa shape index (κ1) is 18.0. The molecule has 5 heteroatoms. The van der Waals surface area contributed by atoms with Crippen LogP contribution in [0.4, 0.5) is 0 Å². The Bertz CT molecular complexity index is 814. The first-order valence-electron chi connectivity index (χ1n) is 8.07. The SMILES string of the molecule is CCCCCOC(=O)c1ccc(Oc2ccc(C#N)c(C#N)c2)cc1. The molecule has 2 rings (SSSR count). The lowest BCUT2D eigenvalue weighted by Gasteiger charge is -2.08. The number of hydrogen-bond acceptors (Lipinski definition) is 5. The van der Waals surface area contributed by atoms with Gasteiger partial charge in [0.1, 0.15) is 23.6 Å². The van der Waals surface area contributed by atoms with Crippen LogP contribution in [0.15, 0.2) is 42.5 Å². The van der Waals surface area contributed by atoms with Gasteiger partial charge in [0, 0.05) is 0 Å². The predicted octanol–water partition coefficient (Wildman–Crippen LogP) is 4.57. The third kappa shape index (κ3) is 5.09. The van der Waals surface area contributed by atoms with Gasteiger partial charge in [-0.05, 0) is 48.9 Å². The number of nitrogens with zero attached hydrogens (tertiary/aromatic N) is 2. The van der Waals surface area contributed by atoms with Gasteiger partial charge in [-0.25, -0.2) is 4.79 Å². The van der Waals surface area contributed by atoms with Crippen molar-refractivity contribution in [2.45, 2.75) is 26.2 Å². The minimum absolute atomic E-state index is 0.257. The number of unbranched alkanes of at least 4 members (excludes halogenated alkanes) is 2. The first-order chi connectivity index (χ1) is 12.2. The quantitative estimate of drug-likeness (QED) is 0.547. The molecule has 0 atom stereocenters. The minimum Gasteiger partial charge on any atom is -0.462 e. The molecule has 0 saturated heterocycles. The van der Waals surface area contributed by atoms with Crippen molar-refractivity contribution in [3.63, 3.8) is 0 Å². The van der Waals surface area contributed by atoms with Crippen LogP contribution < -0.4 is 4.74 Å². The highest BCUT2D eigenvalue weighted by molar-refractivity contribution is 5.89. The van der Waals surface area contributed by atoms with Crippen LogP contribution in [0.3, 0.4) is 0 Å². The second kappa shape index (κ2) is 9.10. The Morgan fingerprint density at radius 1 is 0.960 bits per heavy atom. The predicted molar refractivity (Wildman–Crippen MR) is 92.2 cm³/mol. The molecular weight excluding hydrogens is 316 g/mol. The van der Waals surface area contributed by atoms with Crippen LogP contribution in [0.25, 0.3) is 0 Å². The van der Waals surface area contributed by atoms with E-state index < -0.39 is 0 Å². The van der Waals surface area contributed by atoms with Crippen LogP contribution in [-0.4, -0.2) is 12.6 Å². The van der Waals surface area contributed by atoms with Crippen LogP contribution in [0.5, 0.6) is 11.5 Å². The zero-order valence-electron chi connectivity index (χ0n) is 14.0. The summed E-state index contributed by atoms with van der Waals surface area (Å²) < 4.78 is 10.9. The fourth-order valence-electron chi connectivity index (χ4n) is 2.17. The highest BCUT2D eigenvalue weighted by Crippen LogP contribution is 2.24. The van der Waals surface area contributed by atoms with Gasteiger partial charge >= 0.3 is 5.97 Å². The van der Waals surface area contributed by atoms with Crippen molar-refractivity contribution in [3.8, 4) is 23.6 Å². The average molecular weight is 334 g/mol. The lowest BCUT2D eigenvalue weighted by Crippen LogP contribution is -2.06. The summed E-state index contributed by atoms with van der Waals surface area (Å²) in [6.45, 7) is 2.51. The van der Waals surface area contributed by atoms with Gasteiger partial charge in [-0.3, -0.25) is 0 Å². The van der Waals surface area contributed by atoms with Crippen molar-refractivity contribution in [2.24, 2.45) is 0 Å². The van der Waals surface area contributed by atoms with Crippen molar-refractivity contribution in [1.82, 2.24) is 0 Å². The number of benzene rings is 2. The number of esters is 1. The molecule has 0 aliphatic carbocycles. The molecule has 0 heterocycles. The van der Waals surface area contributed by atoms with E-state index in [-0.39, 0.29) is 11.5 Å². The Kier molecular flexibility index (Phi) is 6.56. The Balaban J connectivity index is 2.00. The number of ether oxygens (including phenoxy) is 2. The molecule has 0 unspecified atom stereocenters. The molecule has 25 heavy (non-hydrogen) atoms. The number of hydrogen-bond donors (Lipinski definition) is 0. The molecule has 0 N–H and O–H groups in total. The van der Waals surface area contributed by atoms with Gasteiger partial charge in [0.2, 0.25) is 0 Å².